The first kappa shape index (κ1) is 14.1. The SMILES string of the molecule is CS(=O)(=O)CCCNc1nc(N)ncc1[N+](=O)[O-]. The Balaban J connectivity index is 2.66. The largest absolute Gasteiger partial charge is 0.368 e. The number of sulfone groups is 1. The molecule has 0 spiro atoms. The highest BCUT2D eigenvalue weighted by atomic mass is 32.2. The molecule has 1 rings (SSSR count). The molecule has 0 bridgehead atoms. The molecule has 0 fully saturated rings. The van der Waals surface area contributed by atoms with Gasteiger partial charge in [-0.05, 0) is 6.42 Å². The van der Waals surface area contributed by atoms with E-state index in [1.807, 2.05) is 0 Å². The molecule has 0 aliphatic heterocycles. The third-order valence-corrected chi connectivity index (χ3v) is 3.00. The summed E-state index contributed by atoms with van der Waals surface area (Å²) in [6.45, 7) is 0.240. The second-order valence-corrected chi connectivity index (χ2v) is 5.89. The molecule has 9 nitrogen and oxygen atoms in total. The van der Waals surface area contributed by atoms with Gasteiger partial charge in [0.25, 0.3) is 0 Å². The van der Waals surface area contributed by atoms with Crippen molar-refractivity contribution in [3.63, 3.8) is 0 Å². The van der Waals surface area contributed by atoms with E-state index in [0.29, 0.717) is 6.42 Å². The molecule has 0 atom stereocenters. The Labute approximate surface area is 103 Å². The van der Waals surface area contributed by atoms with Crippen LogP contribution in [0.25, 0.3) is 0 Å². The highest BCUT2D eigenvalue weighted by molar-refractivity contribution is 7.90. The molecular formula is C8H13N5O4S. The van der Waals surface area contributed by atoms with Crippen molar-refractivity contribution in [2.75, 3.05) is 29.6 Å². The number of hydrogen-bond donors (Lipinski definition) is 2. The number of nitrogens with one attached hydrogen (secondary N) is 1. The Hall–Kier alpha value is -1.97. The van der Waals surface area contributed by atoms with Gasteiger partial charge >= 0.3 is 5.69 Å². The summed E-state index contributed by atoms with van der Waals surface area (Å²) in [6, 6.07) is 0. The van der Waals surface area contributed by atoms with E-state index in [1.54, 1.807) is 0 Å². The summed E-state index contributed by atoms with van der Waals surface area (Å²) in [7, 11) is -3.04. The number of aromatic nitrogens is 2. The molecule has 0 saturated heterocycles. The van der Waals surface area contributed by atoms with Crippen molar-refractivity contribution in [2.45, 2.75) is 6.42 Å². The lowest BCUT2D eigenvalue weighted by Crippen LogP contribution is -2.12. The summed E-state index contributed by atoms with van der Waals surface area (Å²) in [5.41, 5.74) is 5.02. The van der Waals surface area contributed by atoms with Crippen LogP contribution in [0, 0.1) is 10.1 Å². The van der Waals surface area contributed by atoms with Crippen molar-refractivity contribution in [1.82, 2.24) is 9.97 Å². The fourth-order valence-electron chi connectivity index (χ4n) is 1.19. The van der Waals surface area contributed by atoms with Crippen LogP contribution in [0.3, 0.4) is 0 Å². The predicted octanol–water partition coefficient (Wildman–Crippen LogP) is -0.186. The van der Waals surface area contributed by atoms with Crippen molar-refractivity contribution >= 4 is 27.3 Å². The lowest BCUT2D eigenvalue weighted by atomic mass is 10.4. The number of nitro groups is 1. The molecule has 100 valence electrons. The molecule has 0 aliphatic rings. The first-order valence-corrected chi connectivity index (χ1v) is 7.04. The Morgan fingerprint density at radius 3 is 2.78 bits per heavy atom. The Morgan fingerprint density at radius 2 is 2.22 bits per heavy atom. The lowest BCUT2D eigenvalue weighted by molar-refractivity contribution is -0.384. The Morgan fingerprint density at radius 1 is 1.56 bits per heavy atom. The molecule has 3 N–H and O–H groups in total. The molecule has 0 saturated carbocycles. The number of nitrogens with zero attached hydrogens (tertiary/aromatic N) is 3. The molecule has 0 radical (unpaired) electrons. The van der Waals surface area contributed by atoms with E-state index in [1.165, 1.54) is 0 Å². The van der Waals surface area contributed by atoms with Crippen LogP contribution in [0.2, 0.25) is 0 Å². The van der Waals surface area contributed by atoms with E-state index < -0.39 is 14.8 Å². The zero-order valence-corrected chi connectivity index (χ0v) is 10.5. The van der Waals surface area contributed by atoms with E-state index in [2.05, 4.69) is 15.3 Å². The van der Waals surface area contributed by atoms with Gasteiger partial charge in [-0.2, -0.15) is 4.98 Å². The molecule has 1 aromatic rings. The average Bonchev–Trinajstić information content (AvgIpc) is 2.22. The van der Waals surface area contributed by atoms with Gasteiger partial charge in [0.05, 0.1) is 10.7 Å². The number of rotatable bonds is 6. The van der Waals surface area contributed by atoms with Gasteiger partial charge in [-0.1, -0.05) is 0 Å². The van der Waals surface area contributed by atoms with Gasteiger partial charge in [0, 0.05) is 12.8 Å². The highest BCUT2D eigenvalue weighted by Crippen LogP contribution is 2.20. The van der Waals surface area contributed by atoms with E-state index in [-0.39, 0.29) is 29.8 Å². The molecule has 0 aromatic carbocycles. The van der Waals surface area contributed by atoms with Gasteiger partial charge in [0.15, 0.2) is 0 Å². The van der Waals surface area contributed by atoms with E-state index >= 15 is 0 Å². The normalized spacial score (nSPS) is 11.2. The highest BCUT2D eigenvalue weighted by Gasteiger charge is 2.16. The summed E-state index contributed by atoms with van der Waals surface area (Å²) >= 11 is 0. The minimum atomic E-state index is -3.04. The number of hydrogen-bond acceptors (Lipinski definition) is 8. The number of anilines is 2. The zero-order chi connectivity index (χ0) is 13.8. The van der Waals surface area contributed by atoms with Gasteiger partial charge in [-0.3, -0.25) is 10.1 Å². The first-order chi connectivity index (χ1) is 8.29. The number of nitrogen functional groups attached to an aromatic ring is 1. The van der Waals surface area contributed by atoms with E-state index in [9.17, 15) is 18.5 Å². The molecule has 18 heavy (non-hydrogen) atoms. The van der Waals surface area contributed by atoms with Crippen LogP contribution in [-0.4, -0.2) is 41.9 Å². The average molecular weight is 275 g/mol. The van der Waals surface area contributed by atoms with Crippen LogP contribution in [0.5, 0.6) is 0 Å². The molecule has 1 heterocycles. The molecular weight excluding hydrogens is 262 g/mol. The summed E-state index contributed by atoms with van der Waals surface area (Å²) in [4.78, 5) is 17.2. The monoisotopic (exact) mass is 275 g/mol. The van der Waals surface area contributed by atoms with Crippen LogP contribution in [-0.2, 0) is 9.84 Å². The maximum absolute atomic E-state index is 10.9. The second-order valence-electron chi connectivity index (χ2n) is 3.63. The maximum Gasteiger partial charge on any atom is 0.329 e. The smallest absolute Gasteiger partial charge is 0.329 e. The zero-order valence-electron chi connectivity index (χ0n) is 9.66. The van der Waals surface area contributed by atoms with Crippen molar-refractivity contribution in [3.05, 3.63) is 16.3 Å². The Bertz CT molecular complexity index is 544. The lowest BCUT2D eigenvalue weighted by Gasteiger charge is -2.05. The van der Waals surface area contributed by atoms with Gasteiger partial charge in [0.2, 0.25) is 11.8 Å². The van der Waals surface area contributed by atoms with Crippen LogP contribution in [0.1, 0.15) is 6.42 Å². The minimum Gasteiger partial charge on any atom is -0.368 e. The summed E-state index contributed by atoms with van der Waals surface area (Å²) in [5.74, 6) is -0.110. The topological polar surface area (TPSA) is 141 Å². The predicted molar refractivity (Wildman–Crippen MR) is 65.9 cm³/mol. The first-order valence-electron chi connectivity index (χ1n) is 4.98. The van der Waals surface area contributed by atoms with Gasteiger partial charge in [-0.25, -0.2) is 13.4 Å². The van der Waals surface area contributed by atoms with Gasteiger partial charge in [0.1, 0.15) is 16.0 Å². The van der Waals surface area contributed by atoms with E-state index in [0.717, 1.165) is 12.5 Å². The fourth-order valence-corrected chi connectivity index (χ4v) is 1.86. The Kier molecular flexibility index (Phi) is 4.37. The second kappa shape index (κ2) is 5.58. The molecule has 0 unspecified atom stereocenters. The third-order valence-electron chi connectivity index (χ3n) is 1.97. The van der Waals surface area contributed by atoms with Gasteiger partial charge in [-0.15, -0.1) is 0 Å². The maximum atomic E-state index is 10.9. The standard InChI is InChI=1S/C8H13N5O4S/c1-18(16,17)4-2-3-10-7-6(13(14)15)5-11-8(9)12-7/h5H,2-4H2,1H3,(H3,9,10,11,12). The quantitative estimate of drug-likeness (QED) is 0.413. The van der Waals surface area contributed by atoms with Crippen molar-refractivity contribution in [2.24, 2.45) is 0 Å². The van der Waals surface area contributed by atoms with E-state index in [4.69, 9.17) is 5.73 Å². The molecule has 10 heteroatoms. The number of nitrogens with two attached hydrogens (primary N) is 1. The summed E-state index contributed by atoms with van der Waals surface area (Å²) < 4.78 is 21.8. The third kappa shape index (κ3) is 4.49. The summed E-state index contributed by atoms with van der Waals surface area (Å²) in [5, 5.41) is 13.3. The summed E-state index contributed by atoms with van der Waals surface area (Å²) in [6.07, 6.45) is 2.44. The van der Waals surface area contributed by atoms with Crippen molar-refractivity contribution in [3.8, 4) is 0 Å². The van der Waals surface area contributed by atoms with Crippen LogP contribution in [0.15, 0.2) is 6.20 Å². The van der Waals surface area contributed by atoms with Crippen molar-refractivity contribution < 1.29 is 13.3 Å². The van der Waals surface area contributed by atoms with Gasteiger partial charge < -0.3 is 11.1 Å². The molecule has 0 aliphatic carbocycles. The van der Waals surface area contributed by atoms with Crippen molar-refractivity contribution in [1.29, 1.82) is 0 Å². The minimum absolute atomic E-state index is 0.00559. The van der Waals surface area contributed by atoms with Crippen LogP contribution >= 0.6 is 0 Å². The fraction of sp³-hybridized carbons (Fsp3) is 0.500. The molecule has 0 amide bonds. The van der Waals surface area contributed by atoms with Crippen LogP contribution in [0.4, 0.5) is 17.5 Å². The van der Waals surface area contributed by atoms with Crippen LogP contribution < -0.4 is 11.1 Å². The molecule has 1 aromatic heterocycles.